The number of hydrogen-bond donors (Lipinski definition) is 0. The van der Waals surface area contributed by atoms with Crippen molar-refractivity contribution in [2.24, 2.45) is 0 Å². The maximum absolute atomic E-state index is 12.1. The lowest BCUT2D eigenvalue weighted by Gasteiger charge is -2.08. The number of para-hydroxylation sites is 1. The first kappa shape index (κ1) is 14.6. The predicted molar refractivity (Wildman–Crippen MR) is 79.8 cm³/mol. The van der Waals surface area contributed by atoms with E-state index in [0.29, 0.717) is 17.7 Å². The maximum Gasteiger partial charge on any atom is 0.178 e. The number of methoxy groups -OCH3 is 1. The van der Waals surface area contributed by atoms with Gasteiger partial charge in [-0.3, -0.25) is 0 Å². The maximum atomic E-state index is 12.1. The van der Waals surface area contributed by atoms with Crippen LogP contribution in [-0.4, -0.2) is 21.3 Å². The standard InChI is InChI=1S/C16H18O3S/c1-19-16-12-6-5-8-14(16)9-7-13-20(17,18)15-10-3-2-4-11-15/h2-6,8,10-12H,7,9,13H2,1H3. The lowest BCUT2D eigenvalue weighted by atomic mass is 10.1. The molecule has 0 fully saturated rings. The van der Waals surface area contributed by atoms with E-state index in [1.54, 1.807) is 31.4 Å². The summed E-state index contributed by atoms with van der Waals surface area (Å²) < 4.78 is 29.6. The molecule has 3 nitrogen and oxygen atoms in total. The van der Waals surface area contributed by atoms with E-state index in [0.717, 1.165) is 11.3 Å². The van der Waals surface area contributed by atoms with Gasteiger partial charge in [-0.25, -0.2) is 8.42 Å². The van der Waals surface area contributed by atoms with Crippen LogP contribution in [0.4, 0.5) is 0 Å². The fourth-order valence-corrected chi connectivity index (χ4v) is 3.44. The van der Waals surface area contributed by atoms with Crippen LogP contribution < -0.4 is 4.74 Å². The van der Waals surface area contributed by atoms with E-state index in [-0.39, 0.29) is 5.75 Å². The summed E-state index contributed by atoms with van der Waals surface area (Å²) in [6, 6.07) is 16.3. The average Bonchev–Trinajstić information content (AvgIpc) is 2.48. The second-order valence-electron chi connectivity index (χ2n) is 4.55. The van der Waals surface area contributed by atoms with Crippen LogP contribution in [0.5, 0.6) is 5.75 Å². The van der Waals surface area contributed by atoms with E-state index in [1.807, 2.05) is 30.3 Å². The molecule has 0 aliphatic heterocycles. The molecule has 0 radical (unpaired) electrons. The Hall–Kier alpha value is -1.81. The van der Waals surface area contributed by atoms with Gasteiger partial charge in [0.1, 0.15) is 5.75 Å². The molecule has 20 heavy (non-hydrogen) atoms. The molecule has 0 aliphatic carbocycles. The Kier molecular flexibility index (Phi) is 4.79. The monoisotopic (exact) mass is 290 g/mol. The van der Waals surface area contributed by atoms with E-state index in [1.165, 1.54) is 0 Å². The van der Waals surface area contributed by atoms with Gasteiger partial charge in [0.25, 0.3) is 0 Å². The minimum atomic E-state index is -3.19. The van der Waals surface area contributed by atoms with E-state index >= 15 is 0 Å². The fraction of sp³-hybridized carbons (Fsp3) is 0.250. The van der Waals surface area contributed by atoms with Gasteiger partial charge in [0, 0.05) is 0 Å². The van der Waals surface area contributed by atoms with Crippen LogP contribution >= 0.6 is 0 Å². The van der Waals surface area contributed by atoms with Gasteiger partial charge < -0.3 is 4.74 Å². The lowest BCUT2D eigenvalue weighted by molar-refractivity contribution is 0.409. The second-order valence-corrected chi connectivity index (χ2v) is 6.66. The molecule has 0 amide bonds. The minimum Gasteiger partial charge on any atom is -0.496 e. The number of benzene rings is 2. The van der Waals surface area contributed by atoms with Crippen LogP contribution in [0.3, 0.4) is 0 Å². The number of hydrogen-bond acceptors (Lipinski definition) is 3. The first-order valence-electron chi connectivity index (χ1n) is 6.53. The highest BCUT2D eigenvalue weighted by Crippen LogP contribution is 2.20. The Labute approximate surface area is 120 Å². The van der Waals surface area contributed by atoms with Gasteiger partial charge in [-0.15, -0.1) is 0 Å². The van der Waals surface area contributed by atoms with E-state index in [4.69, 9.17) is 4.74 Å². The summed E-state index contributed by atoms with van der Waals surface area (Å²) in [6.07, 6.45) is 1.27. The van der Waals surface area contributed by atoms with Crippen LogP contribution in [0.25, 0.3) is 0 Å². The molecule has 4 heteroatoms. The van der Waals surface area contributed by atoms with Crippen molar-refractivity contribution in [2.75, 3.05) is 12.9 Å². The zero-order valence-corrected chi connectivity index (χ0v) is 12.3. The Bertz CT molecular complexity index is 648. The third-order valence-electron chi connectivity index (χ3n) is 3.15. The molecule has 106 valence electrons. The minimum absolute atomic E-state index is 0.148. The van der Waals surface area contributed by atoms with Crippen LogP contribution in [-0.2, 0) is 16.3 Å². The summed E-state index contributed by atoms with van der Waals surface area (Å²) in [4.78, 5) is 0.389. The number of sulfone groups is 1. The topological polar surface area (TPSA) is 43.4 Å². The zero-order valence-electron chi connectivity index (χ0n) is 11.5. The zero-order chi connectivity index (χ0) is 14.4. The third kappa shape index (κ3) is 3.61. The molecule has 0 aromatic heterocycles. The lowest BCUT2D eigenvalue weighted by Crippen LogP contribution is -2.07. The molecule has 2 aromatic rings. The van der Waals surface area contributed by atoms with Gasteiger partial charge in [0.2, 0.25) is 0 Å². The summed E-state index contributed by atoms with van der Waals surface area (Å²) in [5, 5.41) is 0. The van der Waals surface area contributed by atoms with E-state index in [9.17, 15) is 8.42 Å². The highest BCUT2D eigenvalue weighted by atomic mass is 32.2. The normalized spacial score (nSPS) is 11.2. The van der Waals surface area contributed by atoms with Gasteiger partial charge in [-0.2, -0.15) is 0 Å². The Morgan fingerprint density at radius 2 is 1.60 bits per heavy atom. The number of ether oxygens (including phenoxy) is 1. The summed E-state index contributed by atoms with van der Waals surface area (Å²) in [5.41, 5.74) is 1.04. The molecule has 0 unspecified atom stereocenters. The molecule has 0 heterocycles. The van der Waals surface area contributed by atoms with Crippen molar-refractivity contribution in [1.82, 2.24) is 0 Å². The molecule has 0 bridgehead atoms. The van der Waals surface area contributed by atoms with E-state index in [2.05, 4.69) is 0 Å². The van der Waals surface area contributed by atoms with Gasteiger partial charge in [-0.05, 0) is 36.6 Å². The Morgan fingerprint density at radius 3 is 2.30 bits per heavy atom. The van der Waals surface area contributed by atoms with Crippen LogP contribution in [0.1, 0.15) is 12.0 Å². The van der Waals surface area contributed by atoms with Crippen molar-refractivity contribution in [2.45, 2.75) is 17.7 Å². The van der Waals surface area contributed by atoms with Gasteiger partial charge in [0.15, 0.2) is 9.84 Å². The second kappa shape index (κ2) is 6.57. The Morgan fingerprint density at radius 1 is 0.950 bits per heavy atom. The molecular weight excluding hydrogens is 272 g/mol. The molecule has 0 atom stereocenters. The van der Waals surface area contributed by atoms with Crippen LogP contribution in [0.2, 0.25) is 0 Å². The summed E-state index contributed by atoms with van der Waals surface area (Å²) >= 11 is 0. The Balaban J connectivity index is 1.99. The molecule has 0 aliphatic rings. The number of rotatable bonds is 6. The van der Waals surface area contributed by atoms with Gasteiger partial charge in [-0.1, -0.05) is 36.4 Å². The summed E-state index contributed by atoms with van der Waals surface area (Å²) in [7, 11) is -1.57. The molecule has 0 saturated heterocycles. The molecule has 0 saturated carbocycles. The quantitative estimate of drug-likeness (QED) is 0.821. The van der Waals surface area contributed by atoms with Crippen molar-refractivity contribution in [3.8, 4) is 5.75 Å². The molecule has 2 rings (SSSR count). The van der Waals surface area contributed by atoms with Crippen LogP contribution in [0.15, 0.2) is 59.5 Å². The van der Waals surface area contributed by atoms with Crippen molar-refractivity contribution >= 4 is 9.84 Å². The van der Waals surface area contributed by atoms with Gasteiger partial charge >= 0.3 is 0 Å². The molecule has 2 aromatic carbocycles. The molecule has 0 spiro atoms. The van der Waals surface area contributed by atoms with Crippen molar-refractivity contribution < 1.29 is 13.2 Å². The average molecular weight is 290 g/mol. The molecular formula is C16H18O3S. The first-order chi connectivity index (χ1) is 9.63. The van der Waals surface area contributed by atoms with Crippen molar-refractivity contribution in [3.63, 3.8) is 0 Å². The third-order valence-corrected chi connectivity index (χ3v) is 4.97. The smallest absolute Gasteiger partial charge is 0.178 e. The highest BCUT2D eigenvalue weighted by Gasteiger charge is 2.13. The SMILES string of the molecule is COc1ccccc1CCCS(=O)(=O)c1ccccc1. The fourth-order valence-electron chi connectivity index (χ4n) is 2.11. The summed E-state index contributed by atoms with van der Waals surface area (Å²) in [6.45, 7) is 0. The first-order valence-corrected chi connectivity index (χ1v) is 8.18. The summed E-state index contributed by atoms with van der Waals surface area (Å²) in [5.74, 6) is 0.958. The molecule has 0 N–H and O–H groups in total. The largest absolute Gasteiger partial charge is 0.496 e. The predicted octanol–water partition coefficient (Wildman–Crippen LogP) is 3.10. The van der Waals surface area contributed by atoms with Gasteiger partial charge in [0.05, 0.1) is 17.8 Å². The van der Waals surface area contributed by atoms with Crippen molar-refractivity contribution in [3.05, 3.63) is 60.2 Å². The highest BCUT2D eigenvalue weighted by molar-refractivity contribution is 7.91. The number of aryl methyl sites for hydroxylation is 1. The van der Waals surface area contributed by atoms with E-state index < -0.39 is 9.84 Å². The van der Waals surface area contributed by atoms with Crippen LogP contribution in [0, 0.1) is 0 Å². The van der Waals surface area contributed by atoms with Crippen molar-refractivity contribution in [1.29, 1.82) is 0 Å².